The van der Waals surface area contributed by atoms with E-state index >= 15 is 0 Å². The van der Waals surface area contributed by atoms with Crippen molar-refractivity contribution < 1.29 is 8.42 Å². The Morgan fingerprint density at radius 3 is 2.81 bits per heavy atom. The molecule has 1 aromatic heterocycles. The second-order valence-electron chi connectivity index (χ2n) is 5.84. The van der Waals surface area contributed by atoms with Gasteiger partial charge >= 0.3 is 0 Å². The molecule has 2 atom stereocenters. The maximum Gasteiger partial charge on any atom is 0.250 e. The molecule has 2 unspecified atom stereocenters. The first-order valence-corrected chi connectivity index (χ1v) is 10.1. The molecule has 1 aliphatic carbocycles. The quantitative estimate of drug-likeness (QED) is 0.720. The molecule has 1 aliphatic rings. The summed E-state index contributed by atoms with van der Waals surface area (Å²) in [7, 11) is -3.33. The Morgan fingerprint density at radius 2 is 2.14 bits per heavy atom. The van der Waals surface area contributed by atoms with E-state index in [1.807, 2.05) is 6.07 Å². The summed E-state index contributed by atoms with van der Waals surface area (Å²) in [5.41, 5.74) is 0. The van der Waals surface area contributed by atoms with Gasteiger partial charge < -0.3 is 5.32 Å². The molecular weight excluding hydrogens is 304 g/mol. The minimum atomic E-state index is -3.33. The lowest BCUT2D eigenvalue weighted by Gasteiger charge is -2.15. The van der Waals surface area contributed by atoms with Crippen LogP contribution in [0.2, 0.25) is 0 Å². The Morgan fingerprint density at radius 1 is 1.33 bits per heavy atom. The van der Waals surface area contributed by atoms with Crippen LogP contribution in [0.25, 0.3) is 0 Å². The van der Waals surface area contributed by atoms with Gasteiger partial charge in [0.25, 0.3) is 0 Å². The smallest absolute Gasteiger partial charge is 0.250 e. The highest BCUT2D eigenvalue weighted by Gasteiger charge is 2.25. The first-order chi connectivity index (χ1) is 10.0. The molecule has 0 aromatic carbocycles. The Labute approximate surface area is 132 Å². The van der Waals surface area contributed by atoms with E-state index < -0.39 is 10.0 Å². The van der Waals surface area contributed by atoms with E-state index in [2.05, 4.69) is 23.9 Å². The zero-order valence-corrected chi connectivity index (χ0v) is 14.5. The van der Waals surface area contributed by atoms with Gasteiger partial charge in [-0.25, -0.2) is 13.1 Å². The molecule has 0 aliphatic heterocycles. The molecule has 0 amide bonds. The normalized spacial score (nSPS) is 22.8. The zero-order valence-electron chi connectivity index (χ0n) is 12.9. The second-order valence-corrected chi connectivity index (χ2v) is 9.01. The van der Waals surface area contributed by atoms with E-state index in [4.69, 9.17) is 0 Å². The van der Waals surface area contributed by atoms with Crippen LogP contribution in [0.1, 0.15) is 38.0 Å². The van der Waals surface area contributed by atoms with E-state index in [9.17, 15) is 8.42 Å². The van der Waals surface area contributed by atoms with Gasteiger partial charge in [-0.15, -0.1) is 11.3 Å². The molecule has 1 heterocycles. The van der Waals surface area contributed by atoms with Crippen molar-refractivity contribution in [1.29, 1.82) is 0 Å². The summed E-state index contributed by atoms with van der Waals surface area (Å²) < 4.78 is 27.9. The Balaban J connectivity index is 1.89. The van der Waals surface area contributed by atoms with Crippen molar-refractivity contribution in [1.82, 2.24) is 10.0 Å². The molecule has 0 bridgehead atoms. The van der Waals surface area contributed by atoms with Crippen molar-refractivity contribution >= 4 is 21.4 Å². The predicted octanol–water partition coefficient (Wildman–Crippen LogP) is 2.61. The minimum absolute atomic E-state index is 0.444. The molecule has 4 nitrogen and oxygen atoms in total. The first kappa shape index (κ1) is 16.9. The van der Waals surface area contributed by atoms with Crippen LogP contribution in [0.5, 0.6) is 0 Å². The summed E-state index contributed by atoms with van der Waals surface area (Å²) >= 11 is 1.38. The van der Waals surface area contributed by atoms with Crippen LogP contribution in [0.15, 0.2) is 16.3 Å². The van der Waals surface area contributed by atoms with Crippen molar-refractivity contribution in [2.24, 2.45) is 11.8 Å². The highest BCUT2D eigenvalue weighted by molar-refractivity contribution is 7.91. The molecule has 1 saturated carbocycles. The van der Waals surface area contributed by atoms with Crippen molar-refractivity contribution in [2.45, 2.75) is 43.7 Å². The van der Waals surface area contributed by atoms with Crippen molar-refractivity contribution in [3.63, 3.8) is 0 Å². The average Bonchev–Trinajstić information content (AvgIpc) is 3.06. The standard InChI is InChI=1S/C15H26N2O2S2/c1-3-16-10-9-14-7-8-15(20-14)21(18,19)17-11-13-6-4-5-12(13)2/h7-8,12-13,16-17H,3-6,9-11H2,1-2H3. The molecule has 120 valence electrons. The maximum absolute atomic E-state index is 12.3. The first-order valence-electron chi connectivity index (χ1n) is 7.82. The molecule has 1 aromatic rings. The number of nitrogens with one attached hydrogen (secondary N) is 2. The summed E-state index contributed by atoms with van der Waals surface area (Å²) in [5, 5.41) is 3.25. The van der Waals surface area contributed by atoms with Crippen LogP contribution in [0, 0.1) is 11.8 Å². The lowest BCUT2D eigenvalue weighted by atomic mass is 9.99. The number of hydrogen-bond donors (Lipinski definition) is 2. The summed E-state index contributed by atoms with van der Waals surface area (Å²) in [4.78, 5) is 1.12. The molecule has 0 spiro atoms. The molecule has 2 N–H and O–H groups in total. The van der Waals surface area contributed by atoms with Crippen LogP contribution in [0.3, 0.4) is 0 Å². The highest BCUT2D eigenvalue weighted by Crippen LogP contribution is 2.31. The molecule has 0 saturated heterocycles. The number of likely N-dealkylation sites (N-methyl/N-ethyl adjacent to an activating group) is 1. The summed E-state index contributed by atoms with van der Waals surface area (Å²) in [6.07, 6.45) is 4.47. The van der Waals surface area contributed by atoms with Crippen molar-refractivity contribution in [3.8, 4) is 0 Å². The molecule has 2 rings (SSSR count). The van der Waals surface area contributed by atoms with E-state index in [0.29, 0.717) is 22.6 Å². The topological polar surface area (TPSA) is 58.2 Å². The van der Waals surface area contributed by atoms with Crippen LogP contribution < -0.4 is 10.0 Å². The highest BCUT2D eigenvalue weighted by atomic mass is 32.2. The molecule has 1 fully saturated rings. The van der Waals surface area contributed by atoms with Crippen LogP contribution in [-0.4, -0.2) is 28.1 Å². The summed E-state index contributed by atoms with van der Waals surface area (Å²) in [6.45, 7) is 6.70. The molecule has 6 heteroatoms. The van der Waals surface area contributed by atoms with Crippen molar-refractivity contribution in [3.05, 3.63) is 17.0 Å². The van der Waals surface area contributed by atoms with E-state index in [1.54, 1.807) is 6.07 Å². The van der Waals surface area contributed by atoms with Crippen LogP contribution in [-0.2, 0) is 16.4 Å². The summed E-state index contributed by atoms with van der Waals surface area (Å²) in [6, 6.07) is 3.65. The van der Waals surface area contributed by atoms with Gasteiger partial charge in [-0.3, -0.25) is 0 Å². The van der Waals surface area contributed by atoms with E-state index in [1.165, 1.54) is 24.2 Å². The fraction of sp³-hybridized carbons (Fsp3) is 0.733. The third-order valence-corrected chi connectivity index (χ3v) is 7.34. The second kappa shape index (κ2) is 7.72. The average molecular weight is 331 g/mol. The fourth-order valence-electron chi connectivity index (χ4n) is 2.84. The van der Waals surface area contributed by atoms with Gasteiger partial charge in [0.2, 0.25) is 10.0 Å². The van der Waals surface area contributed by atoms with Gasteiger partial charge in [-0.2, -0.15) is 0 Å². The third-order valence-electron chi connectivity index (χ3n) is 4.27. The number of rotatable bonds is 8. The third kappa shape index (κ3) is 4.77. The molecular formula is C15H26N2O2S2. The van der Waals surface area contributed by atoms with Gasteiger partial charge in [0.1, 0.15) is 4.21 Å². The predicted molar refractivity (Wildman–Crippen MR) is 88.3 cm³/mol. The van der Waals surface area contributed by atoms with E-state index in [-0.39, 0.29) is 0 Å². The van der Waals surface area contributed by atoms with Gasteiger partial charge in [-0.05, 0) is 49.9 Å². The van der Waals surface area contributed by atoms with Gasteiger partial charge in [0.15, 0.2) is 0 Å². The van der Waals surface area contributed by atoms with Gasteiger partial charge in [-0.1, -0.05) is 26.7 Å². The lowest BCUT2D eigenvalue weighted by molar-refractivity contribution is 0.414. The Hall–Kier alpha value is -0.430. The SMILES string of the molecule is CCNCCc1ccc(S(=O)(=O)NCC2CCCC2C)s1. The largest absolute Gasteiger partial charge is 0.317 e. The van der Waals surface area contributed by atoms with Crippen LogP contribution in [0.4, 0.5) is 0 Å². The number of sulfonamides is 1. The lowest BCUT2D eigenvalue weighted by Crippen LogP contribution is -2.29. The van der Waals surface area contributed by atoms with Gasteiger partial charge in [0, 0.05) is 11.4 Å². The monoisotopic (exact) mass is 330 g/mol. The Bertz CT molecular complexity index is 540. The van der Waals surface area contributed by atoms with Gasteiger partial charge in [0.05, 0.1) is 0 Å². The van der Waals surface area contributed by atoms with E-state index in [0.717, 1.165) is 30.8 Å². The van der Waals surface area contributed by atoms with Crippen molar-refractivity contribution in [2.75, 3.05) is 19.6 Å². The molecule has 21 heavy (non-hydrogen) atoms. The Kier molecular flexibility index (Phi) is 6.22. The fourth-order valence-corrected chi connectivity index (χ4v) is 5.33. The molecule has 0 radical (unpaired) electrons. The zero-order chi connectivity index (χ0) is 15.3. The minimum Gasteiger partial charge on any atom is -0.317 e. The van der Waals surface area contributed by atoms with Crippen LogP contribution >= 0.6 is 11.3 Å². The number of hydrogen-bond acceptors (Lipinski definition) is 4. The number of thiophene rings is 1. The summed E-state index contributed by atoms with van der Waals surface area (Å²) in [5.74, 6) is 1.12. The maximum atomic E-state index is 12.3.